The predicted octanol–water partition coefficient (Wildman–Crippen LogP) is 2.33. The maximum absolute atomic E-state index is 11.6. The Bertz CT molecular complexity index is 189. The summed E-state index contributed by atoms with van der Waals surface area (Å²) >= 11 is 0. The molecule has 2 nitrogen and oxygen atoms in total. The lowest BCUT2D eigenvalue weighted by molar-refractivity contribution is -0.124. The largest absolute Gasteiger partial charge is 0.302 e. The van der Waals surface area contributed by atoms with E-state index in [0.29, 0.717) is 24.0 Å². The first-order chi connectivity index (χ1) is 6.63. The van der Waals surface area contributed by atoms with Crippen molar-refractivity contribution < 1.29 is 4.79 Å². The molecule has 0 amide bonds. The summed E-state index contributed by atoms with van der Waals surface area (Å²) in [6, 6.07) is 0. The van der Waals surface area contributed by atoms with Crippen LogP contribution in [0.2, 0.25) is 0 Å². The van der Waals surface area contributed by atoms with Crippen molar-refractivity contribution in [2.24, 2.45) is 11.8 Å². The Kier molecular flexibility index (Phi) is 4.59. The van der Waals surface area contributed by atoms with Gasteiger partial charge in [-0.15, -0.1) is 0 Å². The maximum Gasteiger partial charge on any atom is 0.136 e. The molecule has 2 heteroatoms. The number of Topliss-reactive ketones (excluding diaryl/α,β-unsaturated/α-hetero) is 1. The quantitative estimate of drug-likeness (QED) is 0.689. The number of nitrogens with zero attached hydrogens (tertiary/aromatic N) is 1. The third kappa shape index (κ3) is 3.41. The van der Waals surface area contributed by atoms with Gasteiger partial charge in [-0.1, -0.05) is 20.8 Å². The molecule has 0 aliphatic carbocycles. The van der Waals surface area contributed by atoms with Crippen molar-refractivity contribution in [3.05, 3.63) is 0 Å². The Morgan fingerprint density at radius 1 is 1.50 bits per heavy atom. The average molecular weight is 197 g/mol. The summed E-state index contributed by atoms with van der Waals surface area (Å²) in [5.41, 5.74) is 0. The summed E-state index contributed by atoms with van der Waals surface area (Å²) in [5, 5.41) is 0. The van der Waals surface area contributed by atoms with Gasteiger partial charge >= 0.3 is 0 Å². The molecule has 1 saturated heterocycles. The molecule has 82 valence electrons. The standard InChI is InChI=1S/C12H23NO/c1-4-12(14)11-6-5-7-13(9-11)8-10(2)3/h10-11H,4-9H2,1-3H3. The normalized spacial score (nSPS) is 24.1. The highest BCUT2D eigenvalue weighted by Crippen LogP contribution is 2.19. The maximum atomic E-state index is 11.6. The molecule has 1 rings (SSSR count). The van der Waals surface area contributed by atoms with E-state index in [1.807, 2.05) is 6.92 Å². The van der Waals surface area contributed by atoms with Crippen LogP contribution >= 0.6 is 0 Å². The fourth-order valence-electron chi connectivity index (χ4n) is 2.29. The zero-order valence-corrected chi connectivity index (χ0v) is 9.75. The van der Waals surface area contributed by atoms with E-state index < -0.39 is 0 Å². The molecule has 14 heavy (non-hydrogen) atoms. The first-order valence-corrected chi connectivity index (χ1v) is 5.88. The lowest BCUT2D eigenvalue weighted by Crippen LogP contribution is -2.40. The summed E-state index contributed by atoms with van der Waals surface area (Å²) < 4.78 is 0. The highest BCUT2D eigenvalue weighted by atomic mass is 16.1. The van der Waals surface area contributed by atoms with Gasteiger partial charge in [0.05, 0.1) is 0 Å². The Balaban J connectivity index is 2.39. The zero-order chi connectivity index (χ0) is 10.6. The SMILES string of the molecule is CCC(=O)C1CCCN(CC(C)C)C1. The molecular formula is C12H23NO. The first-order valence-electron chi connectivity index (χ1n) is 5.88. The van der Waals surface area contributed by atoms with Gasteiger partial charge in [0.25, 0.3) is 0 Å². The second kappa shape index (κ2) is 5.50. The van der Waals surface area contributed by atoms with Crippen molar-refractivity contribution in [3.8, 4) is 0 Å². The molecule has 1 aliphatic rings. The number of hydrogen-bond acceptors (Lipinski definition) is 2. The van der Waals surface area contributed by atoms with E-state index in [4.69, 9.17) is 0 Å². The average Bonchev–Trinajstić information content (AvgIpc) is 2.16. The third-order valence-electron chi connectivity index (χ3n) is 2.93. The lowest BCUT2D eigenvalue weighted by Gasteiger charge is -2.32. The van der Waals surface area contributed by atoms with Gasteiger partial charge in [-0.25, -0.2) is 0 Å². The van der Waals surface area contributed by atoms with Gasteiger partial charge in [0.2, 0.25) is 0 Å². The number of piperidine rings is 1. The minimum Gasteiger partial charge on any atom is -0.302 e. The van der Waals surface area contributed by atoms with Crippen LogP contribution in [0.4, 0.5) is 0 Å². The third-order valence-corrected chi connectivity index (χ3v) is 2.93. The Labute approximate surface area is 87.7 Å². The highest BCUT2D eigenvalue weighted by molar-refractivity contribution is 5.80. The monoisotopic (exact) mass is 197 g/mol. The smallest absolute Gasteiger partial charge is 0.136 e. The second-order valence-electron chi connectivity index (χ2n) is 4.81. The molecule has 0 N–H and O–H groups in total. The van der Waals surface area contributed by atoms with Gasteiger partial charge in [-0.2, -0.15) is 0 Å². The Hall–Kier alpha value is -0.370. The van der Waals surface area contributed by atoms with E-state index in [2.05, 4.69) is 18.7 Å². The van der Waals surface area contributed by atoms with Crippen molar-refractivity contribution in [1.82, 2.24) is 4.90 Å². The van der Waals surface area contributed by atoms with Crippen LogP contribution in [-0.4, -0.2) is 30.3 Å². The molecule has 0 aromatic heterocycles. The molecule has 1 unspecified atom stereocenters. The molecule has 0 spiro atoms. The summed E-state index contributed by atoms with van der Waals surface area (Å²) in [6.45, 7) is 9.80. The van der Waals surface area contributed by atoms with Crippen molar-refractivity contribution in [2.75, 3.05) is 19.6 Å². The first kappa shape index (κ1) is 11.7. The second-order valence-corrected chi connectivity index (χ2v) is 4.81. The molecule has 1 heterocycles. The van der Waals surface area contributed by atoms with Crippen molar-refractivity contribution in [2.45, 2.75) is 40.0 Å². The molecule has 0 aromatic rings. The van der Waals surface area contributed by atoms with Crippen molar-refractivity contribution in [1.29, 1.82) is 0 Å². The van der Waals surface area contributed by atoms with Gasteiger partial charge in [-0.05, 0) is 25.3 Å². The van der Waals surface area contributed by atoms with Gasteiger partial charge in [0.1, 0.15) is 5.78 Å². The summed E-state index contributed by atoms with van der Waals surface area (Å²) in [7, 11) is 0. The number of carbonyl (C=O) groups is 1. The molecule has 0 bridgehead atoms. The van der Waals surface area contributed by atoms with E-state index in [-0.39, 0.29) is 0 Å². The Morgan fingerprint density at radius 2 is 2.21 bits per heavy atom. The van der Waals surface area contributed by atoms with E-state index in [1.54, 1.807) is 0 Å². The van der Waals surface area contributed by atoms with Crippen LogP contribution in [0.1, 0.15) is 40.0 Å². The van der Waals surface area contributed by atoms with Crippen LogP contribution in [0, 0.1) is 11.8 Å². The summed E-state index contributed by atoms with van der Waals surface area (Å²) in [6.07, 6.45) is 3.02. The van der Waals surface area contributed by atoms with E-state index in [1.165, 1.54) is 13.0 Å². The van der Waals surface area contributed by atoms with Gasteiger partial charge in [0, 0.05) is 25.4 Å². The molecule has 0 saturated carbocycles. The van der Waals surface area contributed by atoms with Crippen LogP contribution in [0.3, 0.4) is 0 Å². The zero-order valence-electron chi connectivity index (χ0n) is 9.75. The van der Waals surface area contributed by atoms with E-state index in [0.717, 1.165) is 19.5 Å². The van der Waals surface area contributed by atoms with Crippen molar-refractivity contribution in [3.63, 3.8) is 0 Å². The van der Waals surface area contributed by atoms with Gasteiger partial charge in [-0.3, -0.25) is 4.79 Å². The van der Waals surface area contributed by atoms with Crippen LogP contribution < -0.4 is 0 Å². The van der Waals surface area contributed by atoms with Gasteiger partial charge < -0.3 is 4.90 Å². The molecule has 0 radical (unpaired) electrons. The van der Waals surface area contributed by atoms with E-state index in [9.17, 15) is 4.79 Å². The Morgan fingerprint density at radius 3 is 2.79 bits per heavy atom. The number of ketones is 1. The fourth-order valence-corrected chi connectivity index (χ4v) is 2.29. The van der Waals surface area contributed by atoms with Crippen LogP contribution in [0.25, 0.3) is 0 Å². The van der Waals surface area contributed by atoms with Crippen LogP contribution in [-0.2, 0) is 4.79 Å². The summed E-state index contributed by atoms with van der Waals surface area (Å²) in [5.74, 6) is 1.50. The minimum atomic E-state index is 0.326. The van der Waals surface area contributed by atoms with Crippen LogP contribution in [0.5, 0.6) is 0 Å². The molecule has 0 aromatic carbocycles. The number of carbonyl (C=O) groups excluding carboxylic acids is 1. The summed E-state index contributed by atoms with van der Waals surface area (Å²) in [4.78, 5) is 14.0. The number of hydrogen-bond donors (Lipinski definition) is 0. The topological polar surface area (TPSA) is 20.3 Å². The van der Waals surface area contributed by atoms with Crippen molar-refractivity contribution >= 4 is 5.78 Å². The molecule has 1 aliphatic heterocycles. The molecular weight excluding hydrogens is 174 g/mol. The minimum absolute atomic E-state index is 0.326. The number of rotatable bonds is 4. The lowest BCUT2D eigenvalue weighted by atomic mass is 9.92. The highest BCUT2D eigenvalue weighted by Gasteiger charge is 2.24. The predicted molar refractivity (Wildman–Crippen MR) is 59.3 cm³/mol. The number of likely N-dealkylation sites (tertiary alicyclic amines) is 1. The van der Waals surface area contributed by atoms with Gasteiger partial charge in [0.15, 0.2) is 0 Å². The molecule has 1 atom stereocenters. The fraction of sp³-hybridized carbons (Fsp3) is 0.917. The van der Waals surface area contributed by atoms with E-state index >= 15 is 0 Å². The molecule has 1 fully saturated rings. The van der Waals surface area contributed by atoms with Crippen LogP contribution in [0.15, 0.2) is 0 Å².